The van der Waals surface area contributed by atoms with E-state index in [9.17, 15) is 4.39 Å². The molecule has 1 aliphatic rings. The highest BCUT2D eigenvalue weighted by Gasteiger charge is 2.22. The van der Waals surface area contributed by atoms with Crippen molar-refractivity contribution in [3.05, 3.63) is 34.1 Å². The summed E-state index contributed by atoms with van der Waals surface area (Å²) in [5.74, 6) is 0.499. The predicted molar refractivity (Wildman–Crippen MR) is 77.1 cm³/mol. The normalized spacial score (nSPS) is 25.6. The van der Waals surface area contributed by atoms with Crippen LogP contribution in [-0.2, 0) is 6.42 Å². The molecule has 0 amide bonds. The minimum Gasteiger partial charge on any atom is -0.207 e. The second-order valence-corrected chi connectivity index (χ2v) is 6.95. The summed E-state index contributed by atoms with van der Waals surface area (Å²) in [5, 5.41) is 0. The quantitative estimate of drug-likeness (QED) is 0.482. The number of hydrogen-bond acceptors (Lipinski definition) is 0. The van der Waals surface area contributed by atoms with E-state index in [1.54, 1.807) is 12.1 Å². The largest absolute Gasteiger partial charge is 0.207 e. The fourth-order valence-corrected chi connectivity index (χ4v) is 3.73. The van der Waals surface area contributed by atoms with Gasteiger partial charge in [-0.15, -0.1) is 0 Å². The molecule has 0 nitrogen and oxygen atoms in total. The van der Waals surface area contributed by atoms with Crippen LogP contribution in [0.4, 0.5) is 4.39 Å². The lowest BCUT2D eigenvalue weighted by Gasteiger charge is -2.20. The smallest absolute Gasteiger partial charge is 0.126 e. The lowest BCUT2D eigenvalue weighted by Crippen LogP contribution is -2.16. The molecular weight excluding hydrogens is 347 g/mol. The van der Waals surface area contributed by atoms with Crippen LogP contribution in [0.2, 0.25) is 0 Å². The van der Waals surface area contributed by atoms with Crippen LogP contribution in [0.5, 0.6) is 0 Å². The topological polar surface area (TPSA) is 0 Å². The Hall–Kier alpha value is 0.110. The van der Waals surface area contributed by atoms with Gasteiger partial charge in [0, 0.05) is 9.30 Å². The van der Waals surface area contributed by atoms with Crippen LogP contribution in [-0.4, -0.2) is 4.83 Å². The maximum atomic E-state index is 13.7. The van der Waals surface area contributed by atoms with Crippen LogP contribution in [0.1, 0.15) is 37.7 Å². The molecule has 0 spiro atoms. The molecule has 3 heteroatoms. The van der Waals surface area contributed by atoms with Gasteiger partial charge in [0.15, 0.2) is 0 Å². The molecule has 1 aromatic carbocycles. The molecule has 2 unspecified atom stereocenters. The summed E-state index contributed by atoms with van der Waals surface area (Å²) in [5.41, 5.74) is 0.843. The molecule has 0 aromatic heterocycles. The van der Waals surface area contributed by atoms with Gasteiger partial charge in [0.25, 0.3) is 0 Å². The molecule has 1 aromatic rings. The van der Waals surface area contributed by atoms with Crippen LogP contribution in [0.25, 0.3) is 0 Å². The molecule has 0 aliphatic heterocycles. The van der Waals surface area contributed by atoms with E-state index < -0.39 is 0 Å². The molecule has 2 atom stereocenters. The highest BCUT2D eigenvalue weighted by atomic mass is 79.9. The fourth-order valence-electron chi connectivity index (χ4n) is 2.55. The van der Waals surface area contributed by atoms with Crippen LogP contribution < -0.4 is 0 Å². The molecule has 1 saturated carbocycles. The Morgan fingerprint density at radius 3 is 2.76 bits per heavy atom. The Balaban J connectivity index is 2.10. The van der Waals surface area contributed by atoms with Crippen molar-refractivity contribution < 1.29 is 4.39 Å². The lowest BCUT2D eigenvalue weighted by atomic mass is 9.92. The summed E-state index contributed by atoms with van der Waals surface area (Å²) in [6, 6.07) is 5.23. The molecule has 0 saturated heterocycles. The monoisotopic (exact) mass is 362 g/mol. The third-order valence-corrected chi connectivity index (χ3v) is 5.25. The van der Waals surface area contributed by atoms with Crippen LogP contribution >= 0.6 is 31.9 Å². The standard InChI is InChI=1S/C14H17Br2F/c15-12-6-7-14(17)11(9-12)8-10-4-2-1-3-5-13(10)16/h6-7,9-10,13H,1-5,8H2. The zero-order chi connectivity index (χ0) is 12.3. The molecule has 0 bridgehead atoms. The number of rotatable bonds is 2. The van der Waals surface area contributed by atoms with Gasteiger partial charge in [-0.3, -0.25) is 0 Å². The van der Waals surface area contributed by atoms with Gasteiger partial charge in [-0.1, -0.05) is 51.1 Å². The summed E-state index contributed by atoms with van der Waals surface area (Å²) in [7, 11) is 0. The molecule has 1 fully saturated rings. The van der Waals surface area contributed by atoms with Gasteiger partial charge in [-0.2, -0.15) is 0 Å². The molecule has 2 rings (SSSR count). The van der Waals surface area contributed by atoms with Crippen molar-refractivity contribution in [3.8, 4) is 0 Å². The van der Waals surface area contributed by atoms with Gasteiger partial charge in [-0.25, -0.2) is 4.39 Å². The Bertz CT molecular complexity index is 378. The molecule has 0 radical (unpaired) electrons. The van der Waals surface area contributed by atoms with Crippen LogP contribution in [0.3, 0.4) is 0 Å². The number of alkyl halides is 1. The van der Waals surface area contributed by atoms with E-state index in [0.29, 0.717) is 10.7 Å². The Morgan fingerprint density at radius 2 is 1.94 bits per heavy atom. The molecule has 1 aliphatic carbocycles. The average Bonchev–Trinajstić information content (AvgIpc) is 2.50. The van der Waals surface area contributed by atoms with Crippen molar-refractivity contribution in [2.24, 2.45) is 5.92 Å². The van der Waals surface area contributed by atoms with Crippen molar-refractivity contribution in [2.75, 3.05) is 0 Å². The van der Waals surface area contributed by atoms with Gasteiger partial charge in [0.2, 0.25) is 0 Å². The third-order valence-electron chi connectivity index (χ3n) is 3.56. The van der Waals surface area contributed by atoms with E-state index in [4.69, 9.17) is 0 Å². The molecule has 0 heterocycles. The molecular formula is C14H17Br2F. The second kappa shape index (κ2) is 6.33. The number of benzene rings is 1. The van der Waals surface area contributed by atoms with E-state index in [2.05, 4.69) is 31.9 Å². The van der Waals surface area contributed by atoms with Gasteiger partial charge in [0.05, 0.1) is 0 Å². The summed E-state index contributed by atoms with van der Waals surface area (Å²) in [4.78, 5) is 0.545. The fraction of sp³-hybridized carbons (Fsp3) is 0.571. The van der Waals surface area contributed by atoms with E-state index in [1.807, 2.05) is 6.07 Å². The molecule has 17 heavy (non-hydrogen) atoms. The zero-order valence-electron chi connectivity index (χ0n) is 9.76. The first kappa shape index (κ1) is 13.5. The maximum Gasteiger partial charge on any atom is 0.126 e. The first-order valence-electron chi connectivity index (χ1n) is 6.25. The molecule has 0 N–H and O–H groups in total. The van der Waals surface area contributed by atoms with Gasteiger partial charge in [0.1, 0.15) is 5.82 Å². The predicted octanol–water partition coefficient (Wildman–Crippen LogP) is 5.47. The van der Waals surface area contributed by atoms with Gasteiger partial charge >= 0.3 is 0 Å². The van der Waals surface area contributed by atoms with Crippen molar-refractivity contribution in [1.82, 2.24) is 0 Å². The van der Waals surface area contributed by atoms with Crippen LogP contribution in [0, 0.1) is 11.7 Å². The Morgan fingerprint density at radius 1 is 1.18 bits per heavy atom. The van der Waals surface area contributed by atoms with Crippen LogP contribution in [0.15, 0.2) is 22.7 Å². The number of halogens is 3. The SMILES string of the molecule is Fc1ccc(Br)cc1CC1CCCCCC1Br. The first-order valence-corrected chi connectivity index (χ1v) is 7.95. The molecule has 94 valence electrons. The van der Waals surface area contributed by atoms with Crippen molar-refractivity contribution in [2.45, 2.75) is 43.4 Å². The second-order valence-electron chi connectivity index (χ2n) is 4.85. The lowest BCUT2D eigenvalue weighted by molar-refractivity contribution is 0.464. The summed E-state index contributed by atoms with van der Waals surface area (Å²) in [6.45, 7) is 0. The zero-order valence-corrected chi connectivity index (χ0v) is 12.9. The van der Waals surface area contributed by atoms with Gasteiger partial charge < -0.3 is 0 Å². The van der Waals surface area contributed by atoms with Crippen molar-refractivity contribution in [3.63, 3.8) is 0 Å². The third kappa shape index (κ3) is 3.78. The summed E-state index contributed by atoms with van der Waals surface area (Å²) < 4.78 is 14.7. The highest BCUT2D eigenvalue weighted by Crippen LogP contribution is 2.32. The first-order chi connectivity index (χ1) is 8.16. The van der Waals surface area contributed by atoms with E-state index in [0.717, 1.165) is 16.5 Å². The maximum absolute atomic E-state index is 13.7. The van der Waals surface area contributed by atoms with E-state index in [-0.39, 0.29) is 5.82 Å². The van der Waals surface area contributed by atoms with E-state index >= 15 is 0 Å². The summed E-state index contributed by atoms with van der Waals surface area (Å²) in [6.07, 6.45) is 7.18. The Kier molecular flexibility index (Phi) is 5.04. The minimum atomic E-state index is -0.0721. The van der Waals surface area contributed by atoms with Crippen molar-refractivity contribution in [1.29, 1.82) is 0 Å². The minimum absolute atomic E-state index is 0.0721. The van der Waals surface area contributed by atoms with E-state index in [1.165, 1.54) is 32.1 Å². The van der Waals surface area contributed by atoms with Gasteiger partial charge in [-0.05, 0) is 48.9 Å². The highest BCUT2D eigenvalue weighted by molar-refractivity contribution is 9.10. The average molecular weight is 364 g/mol. The van der Waals surface area contributed by atoms with Crippen molar-refractivity contribution >= 4 is 31.9 Å². The Labute approximate surface area is 119 Å². The summed E-state index contributed by atoms with van der Waals surface area (Å²) >= 11 is 7.18. The number of hydrogen-bond donors (Lipinski definition) is 0.